The second-order valence-electron chi connectivity index (χ2n) is 3.99. The smallest absolute Gasteiger partial charge is 0.226 e. The van der Waals surface area contributed by atoms with Gasteiger partial charge in [-0.25, -0.2) is 4.98 Å². The van der Waals surface area contributed by atoms with Crippen LogP contribution < -0.4 is 16.0 Å². The van der Waals surface area contributed by atoms with Crippen LogP contribution in [0.25, 0.3) is 0 Å². The lowest BCUT2D eigenvalue weighted by molar-refractivity contribution is 0.190. The molecule has 0 aliphatic rings. The van der Waals surface area contributed by atoms with E-state index in [1.165, 1.54) is 0 Å². The SMILES string of the molecule is COCCC(CN)Nc1ccnc(N(C)C)n1. The molecule has 0 bridgehead atoms. The molecular formula is C11H21N5O. The van der Waals surface area contributed by atoms with E-state index in [0.29, 0.717) is 19.1 Å². The van der Waals surface area contributed by atoms with Crippen molar-refractivity contribution in [2.24, 2.45) is 5.73 Å². The second-order valence-corrected chi connectivity index (χ2v) is 3.99. The molecule has 0 saturated heterocycles. The Morgan fingerprint density at radius 3 is 2.88 bits per heavy atom. The molecule has 0 aromatic carbocycles. The Morgan fingerprint density at radius 1 is 1.53 bits per heavy atom. The van der Waals surface area contributed by atoms with E-state index < -0.39 is 0 Å². The van der Waals surface area contributed by atoms with Gasteiger partial charge in [0.2, 0.25) is 5.95 Å². The highest BCUT2D eigenvalue weighted by atomic mass is 16.5. The molecule has 1 rings (SSSR count). The molecule has 1 aromatic rings. The van der Waals surface area contributed by atoms with Crippen molar-refractivity contribution in [1.82, 2.24) is 9.97 Å². The molecule has 0 aliphatic heterocycles. The fourth-order valence-electron chi connectivity index (χ4n) is 1.36. The number of anilines is 2. The van der Waals surface area contributed by atoms with Crippen molar-refractivity contribution in [3.8, 4) is 0 Å². The third kappa shape index (κ3) is 4.54. The van der Waals surface area contributed by atoms with Gasteiger partial charge in [0.15, 0.2) is 0 Å². The van der Waals surface area contributed by atoms with Gasteiger partial charge in [0.05, 0.1) is 0 Å². The third-order valence-electron chi connectivity index (χ3n) is 2.35. The molecule has 0 spiro atoms. The Kier molecular flexibility index (Phi) is 5.65. The highest BCUT2D eigenvalue weighted by molar-refractivity contribution is 5.41. The van der Waals surface area contributed by atoms with Crippen LogP contribution >= 0.6 is 0 Å². The monoisotopic (exact) mass is 239 g/mol. The number of rotatable bonds is 7. The molecule has 0 amide bonds. The van der Waals surface area contributed by atoms with Gasteiger partial charge in [-0.3, -0.25) is 0 Å². The average molecular weight is 239 g/mol. The van der Waals surface area contributed by atoms with Crippen molar-refractivity contribution in [3.05, 3.63) is 12.3 Å². The number of methoxy groups -OCH3 is 1. The molecule has 0 aliphatic carbocycles. The van der Waals surface area contributed by atoms with E-state index in [1.807, 2.05) is 25.1 Å². The number of hydrogen-bond acceptors (Lipinski definition) is 6. The summed E-state index contributed by atoms with van der Waals surface area (Å²) in [5.74, 6) is 1.47. The van der Waals surface area contributed by atoms with Gasteiger partial charge in [0, 0.05) is 46.6 Å². The van der Waals surface area contributed by atoms with Crippen LogP contribution in [0.1, 0.15) is 6.42 Å². The second kappa shape index (κ2) is 7.03. The fraction of sp³-hybridized carbons (Fsp3) is 0.636. The van der Waals surface area contributed by atoms with Gasteiger partial charge in [-0.15, -0.1) is 0 Å². The van der Waals surface area contributed by atoms with Crippen molar-refractivity contribution in [2.45, 2.75) is 12.5 Å². The highest BCUT2D eigenvalue weighted by Gasteiger charge is 2.08. The minimum Gasteiger partial charge on any atom is -0.385 e. The third-order valence-corrected chi connectivity index (χ3v) is 2.35. The number of nitrogens with one attached hydrogen (secondary N) is 1. The van der Waals surface area contributed by atoms with Crippen LogP contribution in [0.15, 0.2) is 12.3 Å². The molecule has 3 N–H and O–H groups in total. The summed E-state index contributed by atoms with van der Waals surface area (Å²) in [6, 6.07) is 2.00. The Labute approximate surface area is 102 Å². The molecule has 1 heterocycles. The molecule has 17 heavy (non-hydrogen) atoms. The van der Waals surface area contributed by atoms with Gasteiger partial charge in [-0.05, 0) is 12.5 Å². The van der Waals surface area contributed by atoms with Crippen LogP contribution in [-0.4, -0.2) is 50.4 Å². The van der Waals surface area contributed by atoms with Crippen LogP contribution in [0.3, 0.4) is 0 Å². The molecule has 0 saturated carbocycles. The van der Waals surface area contributed by atoms with E-state index in [0.717, 1.165) is 12.2 Å². The summed E-state index contributed by atoms with van der Waals surface area (Å²) in [4.78, 5) is 10.4. The van der Waals surface area contributed by atoms with E-state index >= 15 is 0 Å². The van der Waals surface area contributed by atoms with E-state index in [2.05, 4.69) is 15.3 Å². The highest BCUT2D eigenvalue weighted by Crippen LogP contribution is 2.09. The van der Waals surface area contributed by atoms with Crippen molar-refractivity contribution in [3.63, 3.8) is 0 Å². The van der Waals surface area contributed by atoms with Crippen LogP contribution in [0, 0.1) is 0 Å². The number of ether oxygens (including phenoxy) is 1. The van der Waals surface area contributed by atoms with Crippen LogP contribution in [0.4, 0.5) is 11.8 Å². The topological polar surface area (TPSA) is 76.3 Å². The Bertz CT molecular complexity index is 331. The average Bonchev–Trinajstić information content (AvgIpc) is 2.34. The Morgan fingerprint density at radius 2 is 2.29 bits per heavy atom. The summed E-state index contributed by atoms with van der Waals surface area (Å²) >= 11 is 0. The number of nitrogens with two attached hydrogens (primary N) is 1. The zero-order chi connectivity index (χ0) is 12.7. The largest absolute Gasteiger partial charge is 0.385 e. The van der Waals surface area contributed by atoms with E-state index in [-0.39, 0.29) is 6.04 Å². The first-order chi connectivity index (χ1) is 8.17. The number of hydrogen-bond donors (Lipinski definition) is 2. The Balaban J connectivity index is 2.62. The summed E-state index contributed by atoms with van der Waals surface area (Å²) < 4.78 is 5.04. The quantitative estimate of drug-likeness (QED) is 0.713. The first-order valence-corrected chi connectivity index (χ1v) is 5.63. The zero-order valence-electron chi connectivity index (χ0n) is 10.7. The van der Waals surface area contributed by atoms with Crippen molar-refractivity contribution in [1.29, 1.82) is 0 Å². The maximum Gasteiger partial charge on any atom is 0.226 e. The number of nitrogens with zero attached hydrogens (tertiary/aromatic N) is 3. The molecule has 1 unspecified atom stereocenters. The van der Waals surface area contributed by atoms with Gasteiger partial charge in [0.1, 0.15) is 5.82 Å². The molecule has 96 valence electrons. The van der Waals surface area contributed by atoms with Crippen molar-refractivity contribution >= 4 is 11.8 Å². The number of aromatic nitrogens is 2. The van der Waals surface area contributed by atoms with Crippen LogP contribution in [-0.2, 0) is 4.74 Å². The van der Waals surface area contributed by atoms with Gasteiger partial charge >= 0.3 is 0 Å². The summed E-state index contributed by atoms with van der Waals surface area (Å²) in [6.07, 6.45) is 2.59. The van der Waals surface area contributed by atoms with Crippen LogP contribution in [0.2, 0.25) is 0 Å². The zero-order valence-corrected chi connectivity index (χ0v) is 10.7. The first-order valence-electron chi connectivity index (χ1n) is 5.63. The lowest BCUT2D eigenvalue weighted by atomic mass is 10.2. The molecule has 0 radical (unpaired) electrons. The van der Waals surface area contributed by atoms with Gasteiger partial charge < -0.3 is 20.7 Å². The molecule has 1 aromatic heterocycles. The minimum absolute atomic E-state index is 0.167. The van der Waals surface area contributed by atoms with Crippen molar-refractivity contribution in [2.75, 3.05) is 44.6 Å². The molecular weight excluding hydrogens is 218 g/mol. The van der Waals surface area contributed by atoms with E-state index in [4.69, 9.17) is 10.5 Å². The molecule has 6 heteroatoms. The van der Waals surface area contributed by atoms with Gasteiger partial charge in [-0.2, -0.15) is 4.98 Å². The van der Waals surface area contributed by atoms with E-state index in [9.17, 15) is 0 Å². The van der Waals surface area contributed by atoms with Gasteiger partial charge in [0.25, 0.3) is 0 Å². The maximum atomic E-state index is 5.69. The Hall–Kier alpha value is -1.40. The normalized spacial score (nSPS) is 12.2. The predicted octanol–water partition coefficient (Wildman–Crippen LogP) is 0.318. The lowest BCUT2D eigenvalue weighted by Gasteiger charge is -2.18. The summed E-state index contributed by atoms with van der Waals surface area (Å²) in [6.45, 7) is 1.23. The van der Waals surface area contributed by atoms with Crippen LogP contribution in [0.5, 0.6) is 0 Å². The van der Waals surface area contributed by atoms with E-state index in [1.54, 1.807) is 13.3 Å². The summed E-state index contributed by atoms with van der Waals surface area (Å²) in [7, 11) is 5.50. The molecule has 6 nitrogen and oxygen atoms in total. The summed E-state index contributed by atoms with van der Waals surface area (Å²) in [5.41, 5.74) is 5.69. The summed E-state index contributed by atoms with van der Waals surface area (Å²) in [5, 5.41) is 3.28. The maximum absolute atomic E-state index is 5.69. The predicted molar refractivity (Wildman–Crippen MR) is 69.3 cm³/mol. The van der Waals surface area contributed by atoms with Crippen molar-refractivity contribution < 1.29 is 4.74 Å². The fourth-order valence-corrected chi connectivity index (χ4v) is 1.36. The standard InChI is InChI=1S/C11H21N5O/c1-16(2)11-13-6-4-10(15-11)14-9(8-12)5-7-17-3/h4,6,9H,5,7-8,12H2,1-3H3,(H,13,14,15). The van der Waals surface area contributed by atoms with Gasteiger partial charge in [-0.1, -0.05) is 0 Å². The first kappa shape index (κ1) is 13.7. The molecule has 1 atom stereocenters. The minimum atomic E-state index is 0.167. The molecule has 0 fully saturated rings. The lowest BCUT2D eigenvalue weighted by Crippen LogP contribution is -2.30.